The SMILES string of the molecule is CCCCOc1c(CC)cccc1C(=O)OCC. The Morgan fingerprint density at radius 3 is 2.61 bits per heavy atom. The summed E-state index contributed by atoms with van der Waals surface area (Å²) in [6, 6.07) is 5.63. The van der Waals surface area contributed by atoms with Crippen molar-refractivity contribution in [2.75, 3.05) is 13.2 Å². The molecule has 100 valence electrons. The molecule has 1 aromatic carbocycles. The van der Waals surface area contributed by atoms with E-state index in [1.807, 2.05) is 12.1 Å². The molecule has 0 amide bonds. The van der Waals surface area contributed by atoms with Crippen molar-refractivity contribution in [3.63, 3.8) is 0 Å². The van der Waals surface area contributed by atoms with Crippen LogP contribution in [0.4, 0.5) is 0 Å². The van der Waals surface area contributed by atoms with Gasteiger partial charge >= 0.3 is 5.97 Å². The van der Waals surface area contributed by atoms with Gasteiger partial charge in [0.2, 0.25) is 0 Å². The second-order valence-corrected chi connectivity index (χ2v) is 4.07. The van der Waals surface area contributed by atoms with Crippen molar-refractivity contribution < 1.29 is 14.3 Å². The Kier molecular flexibility index (Phi) is 6.26. The lowest BCUT2D eigenvalue weighted by Gasteiger charge is -2.14. The molecule has 18 heavy (non-hydrogen) atoms. The monoisotopic (exact) mass is 250 g/mol. The molecule has 0 aliphatic rings. The van der Waals surface area contributed by atoms with E-state index >= 15 is 0 Å². The predicted octanol–water partition coefficient (Wildman–Crippen LogP) is 3.60. The Hall–Kier alpha value is -1.51. The van der Waals surface area contributed by atoms with Crippen LogP contribution < -0.4 is 4.74 Å². The zero-order valence-electron chi connectivity index (χ0n) is 11.5. The smallest absolute Gasteiger partial charge is 0.341 e. The highest BCUT2D eigenvalue weighted by atomic mass is 16.5. The molecule has 0 fully saturated rings. The highest BCUT2D eigenvalue weighted by Crippen LogP contribution is 2.25. The van der Waals surface area contributed by atoms with Crippen molar-refractivity contribution in [3.8, 4) is 5.75 Å². The summed E-state index contributed by atoms with van der Waals surface area (Å²) in [5.41, 5.74) is 1.59. The number of aryl methyl sites for hydroxylation is 1. The molecule has 0 radical (unpaired) electrons. The number of unbranched alkanes of at least 4 members (excludes halogenated alkanes) is 1. The highest BCUT2D eigenvalue weighted by Gasteiger charge is 2.16. The summed E-state index contributed by atoms with van der Waals surface area (Å²) in [5.74, 6) is 0.381. The zero-order chi connectivity index (χ0) is 13.4. The van der Waals surface area contributed by atoms with Crippen molar-refractivity contribution in [2.45, 2.75) is 40.0 Å². The van der Waals surface area contributed by atoms with Gasteiger partial charge < -0.3 is 9.47 Å². The first-order chi connectivity index (χ1) is 8.74. The van der Waals surface area contributed by atoms with Crippen molar-refractivity contribution in [3.05, 3.63) is 29.3 Å². The van der Waals surface area contributed by atoms with Gasteiger partial charge in [0.15, 0.2) is 0 Å². The molecule has 0 saturated heterocycles. The van der Waals surface area contributed by atoms with Gasteiger partial charge in [-0.1, -0.05) is 32.4 Å². The number of hydrogen-bond acceptors (Lipinski definition) is 3. The summed E-state index contributed by atoms with van der Waals surface area (Å²) < 4.78 is 10.8. The van der Waals surface area contributed by atoms with Crippen LogP contribution in [0, 0.1) is 0 Å². The Morgan fingerprint density at radius 1 is 1.22 bits per heavy atom. The third-order valence-electron chi connectivity index (χ3n) is 2.72. The van der Waals surface area contributed by atoms with Crippen LogP contribution in [0.2, 0.25) is 0 Å². The quantitative estimate of drug-likeness (QED) is 0.548. The minimum absolute atomic E-state index is 0.306. The van der Waals surface area contributed by atoms with E-state index in [2.05, 4.69) is 13.8 Å². The van der Waals surface area contributed by atoms with E-state index in [-0.39, 0.29) is 5.97 Å². The lowest BCUT2D eigenvalue weighted by molar-refractivity contribution is 0.0521. The Labute approximate surface area is 109 Å². The summed E-state index contributed by atoms with van der Waals surface area (Å²) in [4.78, 5) is 11.9. The molecule has 0 aliphatic carbocycles. The van der Waals surface area contributed by atoms with Crippen LogP contribution in [0.1, 0.15) is 49.5 Å². The fourth-order valence-corrected chi connectivity index (χ4v) is 1.72. The summed E-state index contributed by atoms with van der Waals surface area (Å²) in [6.07, 6.45) is 2.90. The van der Waals surface area contributed by atoms with Crippen molar-refractivity contribution in [1.82, 2.24) is 0 Å². The third-order valence-corrected chi connectivity index (χ3v) is 2.72. The van der Waals surface area contributed by atoms with Gasteiger partial charge in [-0.25, -0.2) is 4.79 Å². The fourth-order valence-electron chi connectivity index (χ4n) is 1.72. The van der Waals surface area contributed by atoms with Crippen molar-refractivity contribution >= 4 is 5.97 Å². The molecular weight excluding hydrogens is 228 g/mol. The topological polar surface area (TPSA) is 35.5 Å². The standard InChI is InChI=1S/C15H22O3/c1-4-7-11-18-14-12(5-2)9-8-10-13(14)15(16)17-6-3/h8-10H,4-7,11H2,1-3H3. The molecule has 0 atom stereocenters. The van der Waals surface area contributed by atoms with Gasteiger partial charge in [0.05, 0.1) is 13.2 Å². The zero-order valence-corrected chi connectivity index (χ0v) is 11.5. The van der Waals surface area contributed by atoms with Crippen LogP contribution in [0.25, 0.3) is 0 Å². The molecule has 0 N–H and O–H groups in total. The van der Waals surface area contributed by atoms with E-state index in [1.54, 1.807) is 13.0 Å². The Bertz CT molecular complexity index is 385. The van der Waals surface area contributed by atoms with Gasteiger partial charge in [-0.3, -0.25) is 0 Å². The normalized spacial score (nSPS) is 10.2. The van der Waals surface area contributed by atoms with E-state index < -0.39 is 0 Å². The van der Waals surface area contributed by atoms with Crippen LogP contribution in [0.15, 0.2) is 18.2 Å². The number of carbonyl (C=O) groups is 1. The van der Waals surface area contributed by atoms with Gasteiger partial charge in [0.1, 0.15) is 11.3 Å². The Balaban J connectivity index is 2.96. The first-order valence-electron chi connectivity index (χ1n) is 6.66. The largest absolute Gasteiger partial charge is 0.492 e. The number of para-hydroxylation sites is 1. The highest BCUT2D eigenvalue weighted by molar-refractivity contribution is 5.93. The molecule has 3 heteroatoms. The molecular formula is C15H22O3. The van der Waals surface area contributed by atoms with E-state index in [4.69, 9.17) is 9.47 Å². The molecule has 0 unspecified atom stereocenters. The summed E-state index contributed by atoms with van der Waals surface area (Å²) in [5, 5.41) is 0. The van der Waals surface area contributed by atoms with Gasteiger partial charge in [-0.05, 0) is 31.4 Å². The number of benzene rings is 1. The minimum atomic E-state index is -0.306. The van der Waals surface area contributed by atoms with Crippen LogP contribution in [-0.4, -0.2) is 19.2 Å². The molecule has 0 bridgehead atoms. The number of hydrogen-bond donors (Lipinski definition) is 0. The molecule has 0 saturated carbocycles. The van der Waals surface area contributed by atoms with Gasteiger partial charge in [0.25, 0.3) is 0 Å². The molecule has 0 aliphatic heterocycles. The lowest BCUT2D eigenvalue weighted by Crippen LogP contribution is -2.10. The van der Waals surface area contributed by atoms with Crippen LogP contribution in [-0.2, 0) is 11.2 Å². The van der Waals surface area contributed by atoms with Crippen LogP contribution in [0.3, 0.4) is 0 Å². The van der Waals surface area contributed by atoms with E-state index in [9.17, 15) is 4.79 Å². The minimum Gasteiger partial charge on any atom is -0.492 e. The number of esters is 1. The van der Waals surface area contributed by atoms with Crippen LogP contribution in [0.5, 0.6) is 5.75 Å². The van der Waals surface area contributed by atoms with E-state index in [0.717, 1.165) is 24.8 Å². The maximum absolute atomic E-state index is 11.9. The number of ether oxygens (including phenoxy) is 2. The van der Waals surface area contributed by atoms with Crippen molar-refractivity contribution in [1.29, 1.82) is 0 Å². The second kappa shape index (κ2) is 7.75. The summed E-state index contributed by atoms with van der Waals surface area (Å²) >= 11 is 0. The number of rotatable bonds is 7. The molecule has 3 nitrogen and oxygen atoms in total. The molecule has 0 aromatic heterocycles. The van der Waals surface area contributed by atoms with Gasteiger partial charge in [-0.15, -0.1) is 0 Å². The average Bonchev–Trinajstić information content (AvgIpc) is 2.39. The summed E-state index contributed by atoms with van der Waals surface area (Å²) in [6.45, 7) is 6.99. The van der Waals surface area contributed by atoms with Gasteiger partial charge in [0, 0.05) is 0 Å². The first kappa shape index (κ1) is 14.6. The summed E-state index contributed by atoms with van der Waals surface area (Å²) in [7, 11) is 0. The Morgan fingerprint density at radius 2 is 2.00 bits per heavy atom. The average molecular weight is 250 g/mol. The predicted molar refractivity (Wildman–Crippen MR) is 72.2 cm³/mol. The molecule has 0 spiro atoms. The maximum Gasteiger partial charge on any atom is 0.341 e. The van der Waals surface area contributed by atoms with E-state index in [1.165, 1.54) is 0 Å². The molecule has 1 rings (SSSR count). The van der Waals surface area contributed by atoms with E-state index in [0.29, 0.717) is 24.5 Å². The fraction of sp³-hybridized carbons (Fsp3) is 0.533. The van der Waals surface area contributed by atoms with Crippen LogP contribution >= 0.6 is 0 Å². The second-order valence-electron chi connectivity index (χ2n) is 4.07. The number of carbonyl (C=O) groups excluding carboxylic acids is 1. The lowest BCUT2D eigenvalue weighted by atomic mass is 10.1. The van der Waals surface area contributed by atoms with Crippen molar-refractivity contribution in [2.24, 2.45) is 0 Å². The molecule has 1 aromatic rings. The maximum atomic E-state index is 11.9. The third kappa shape index (κ3) is 3.76. The van der Waals surface area contributed by atoms with Gasteiger partial charge in [-0.2, -0.15) is 0 Å². The first-order valence-corrected chi connectivity index (χ1v) is 6.66. The molecule has 0 heterocycles.